The van der Waals surface area contributed by atoms with Gasteiger partial charge in [-0.05, 0) is 35.4 Å². The lowest BCUT2D eigenvalue weighted by Crippen LogP contribution is -2.64. The number of halogens is 2. The predicted octanol–water partition coefficient (Wildman–Crippen LogP) is 3.36. The minimum absolute atomic E-state index is 0.00457. The Labute approximate surface area is 258 Å². The number of carbonyl (C=O) groups excluding carboxylic acids is 2. The number of benzene rings is 3. The van der Waals surface area contributed by atoms with Gasteiger partial charge in [0.15, 0.2) is 17.2 Å². The lowest BCUT2D eigenvalue weighted by atomic mass is 9.87. The molecule has 0 radical (unpaired) electrons. The van der Waals surface area contributed by atoms with E-state index in [0.29, 0.717) is 5.56 Å². The molecule has 14 heteroatoms. The number of nitrogens with two attached hydrogens (primary N) is 1. The molecule has 0 bridgehead atoms. The number of sulfonamides is 1. The van der Waals surface area contributed by atoms with E-state index in [4.69, 9.17) is 19.9 Å². The molecule has 0 amide bonds. The minimum Gasteiger partial charge on any atom is -0.480 e. The molecule has 1 heterocycles. The Morgan fingerprint density at radius 3 is 2.22 bits per heavy atom. The van der Waals surface area contributed by atoms with E-state index in [2.05, 4.69) is 0 Å². The van der Waals surface area contributed by atoms with Crippen LogP contribution >= 0.6 is 0 Å². The summed E-state index contributed by atoms with van der Waals surface area (Å²) in [7, 11) is -4.19. The van der Waals surface area contributed by atoms with Crippen LogP contribution in [-0.2, 0) is 45.9 Å². The van der Waals surface area contributed by atoms with Crippen LogP contribution in [0.2, 0.25) is 0 Å². The zero-order valence-corrected chi connectivity index (χ0v) is 25.4. The number of aliphatic carboxylic acids is 1. The molecular formula is C31H32F2N2O9S. The van der Waals surface area contributed by atoms with Gasteiger partial charge in [0.2, 0.25) is 21.9 Å². The van der Waals surface area contributed by atoms with E-state index in [1.54, 1.807) is 44.2 Å². The van der Waals surface area contributed by atoms with Gasteiger partial charge in [-0.2, -0.15) is 4.31 Å². The number of esters is 2. The van der Waals surface area contributed by atoms with Gasteiger partial charge in [-0.15, -0.1) is 0 Å². The van der Waals surface area contributed by atoms with E-state index >= 15 is 0 Å². The van der Waals surface area contributed by atoms with Gasteiger partial charge in [0.05, 0.1) is 23.9 Å². The normalized spacial score (nSPS) is 16.6. The molecular weight excluding hydrogens is 614 g/mol. The summed E-state index contributed by atoms with van der Waals surface area (Å²) in [5, 5.41) is 9.81. The highest BCUT2D eigenvalue weighted by Gasteiger charge is 2.52. The average molecular weight is 647 g/mol. The van der Waals surface area contributed by atoms with E-state index in [9.17, 15) is 36.7 Å². The largest absolute Gasteiger partial charge is 0.480 e. The molecule has 45 heavy (non-hydrogen) atoms. The molecule has 1 fully saturated rings. The van der Waals surface area contributed by atoms with Crippen molar-refractivity contribution in [1.82, 2.24) is 4.31 Å². The van der Waals surface area contributed by atoms with Crippen LogP contribution in [0.15, 0.2) is 77.7 Å². The maximum absolute atomic E-state index is 13.9. The quantitative estimate of drug-likeness (QED) is 0.170. The third-order valence-corrected chi connectivity index (χ3v) is 8.95. The molecule has 0 aromatic heterocycles. The fourth-order valence-electron chi connectivity index (χ4n) is 4.61. The lowest BCUT2D eigenvalue weighted by Gasteiger charge is -2.48. The Morgan fingerprint density at radius 2 is 1.62 bits per heavy atom. The molecule has 3 N–H and O–H groups in total. The van der Waals surface area contributed by atoms with Crippen LogP contribution in [0, 0.1) is 17.6 Å². The Hall–Kier alpha value is -4.40. The Kier molecular flexibility index (Phi) is 9.61. The SMILES string of the molecule is CC(OC(=O)C(C)C)OC(=O)C(N)(Cc1cccc(S(=O)(=O)N2CC(Oc3ccc(F)c(F)c3)(c3ccccc3)C2)c1)C(=O)O. The van der Waals surface area contributed by atoms with Crippen molar-refractivity contribution in [2.45, 2.75) is 49.5 Å². The van der Waals surface area contributed by atoms with Crippen LogP contribution in [0.4, 0.5) is 8.78 Å². The Morgan fingerprint density at radius 1 is 0.956 bits per heavy atom. The maximum Gasteiger partial charge on any atom is 0.341 e. The summed E-state index contributed by atoms with van der Waals surface area (Å²) >= 11 is 0. The highest BCUT2D eigenvalue weighted by molar-refractivity contribution is 7.89. The van der Waals surface area contributed by atoms with Crippen LogP contribution in [0.25, 0.3) is 0 Å². The van der Waals surface area contributed by atoms with E-state index < -0.39 is 69.3 Å². The molecule has 1 aliphatic rings. The summed E-state index contributed by atoms with van der Waals surface area (Å²) in [4.78, 5) is 36.5. The van der Waals surface area contributed by atoms with E-state index in [1.165, 1.54) is 37.3 Å². The highest BCUT2D eigenvalue weighted by atomic mass is 32.2. The molecule has 11 nitrogen and oxygen atoms in total. The first-order chi connectivity index (χ1) is 21.1. The zero-order chi connectivity index (χ0) is 33.2. The van der Waals surface area contributed by atoms with Gasteiger partial charge in [0, 0.05) is 19.4 Å². The Bertz CT molecular complexity index is 1700. The van der Waals surface area contributed by atoms with Gasteiger partial charge in [-0.25, -0.2) is 26.8 Å². The first-order valence-electron chi connectivity index (χ1n) is 13.8. The second-order valence-electron chi connectivity index (χ2n) is 11.0. The number of rotatable bonds is 12. The minimum atomic E-state index is -4.19. The standard InChI is InChI=1S/C31H32F2N2O9S/c1-19(2)27(36)42-20(3)43-29(39)31(34,28(37)38)16-21-8-7-11-24(14-21)45(40,41)35-17-30(18-35,22-9-5-4-6-10-22)44-23-12-13-25(32)26(33)15-23/h4-15,19-20H,16-18,34H2,1-3H3,(H,37,38). The average Bonchev–Trinajstić information content (AvgIpc) is 2.96. The van der Waals surface area contributed by atoms with E-state index in [-0.39, 0.29) is 29.3 Å². The lowest BCUT2D eigenvalue weighted by molar-refractivity contribution is -0.192. The number of carboxylic acids is 1. The van der Waals surface area contributed by atoms with Gasteiger partial charge >= 0.3 is 17.9 Å². The van der Waals surface area contributed by atoms with E-state index in [0.717, 1.165) is 16.4 Å². The molecule has 0 aliphatic carbocycles. The van der Waals surface area contributed by atoms with Gasteiger partial charge in [0.25, 0.3) is 0 Å². The maximum atomic E-state index is 13.9. The van der Waals surface area contributed by atoms with E-state index in [1.807, 2.05) is 0 Å². The third kappa shape index (κ3) is 7.13. The smallest absolute Gasteiger partial charge is 0.341 e. The predicted molar refractivity (Wildman–Crippen MR) is 155 cm³/mol. The van der Waals surface area contributed by atoms with Crippen molar-refractivity contribution in [3.63, 3.8) is 0 Å². The van der Waals surface area contributed by atoms with Gasteiger partial charge in [-0.1, -0.05) is 56.3 Å². The van der Waals surface area contributed by atoms with Crippen molar-refractivity contribution in [3.05, 3.63) is 95.6 Å². The molecule has 1 saturated heterocycles. The first kappa shape index (κ1) is 33.5. The molecule has 2 atom stereocenters. The second-order valence-corrected chi connectivity index (χ2v) is 12.9. The second kappa shape index (κ2) is 12.9. The third-order valence-electron chi connectivity index (χ3n) is 7.16. The monoisotopic (exact) mass is 646 g/mol. The van der Waals surface area contributed by atoms with Crippen molar-refractivity contribution in [2.24, 2.45) is 11.7 Å². The summed E-state index contributed by atoms with van der Waals surface area (Å²) in [6, 6.07) is 16.9. The molecule has 0 saturated carbocycles. The summed E-state index contributed by atoms with van der Waals surface area (Å²) in [5.41, 5.74) is 2.81. The fourth-order valence-corrected chi connectivity index (χ4v) is 6.21. The van der Waals surface area contributed by atoms with Crippen LogP contribution in [-0.4, -0.2) is 60.7 Å². The topological polar surface area (TPSA) is 163 Å². The number of hydrogen-bond donors (Lipinski definition) is 2. The molecule has 3 aromatic rings. The molecule has 4 rings (SSSR count). The molecule has 1 aliphatic heterocycles. The number of ether oxygens (including phenoxy) is 3. The summed E-state index contributed by atoms with van der Waals surface area (Å²) < 4.78 is 71.8. The zero-order valence-electron chi connectivity index (χ0n) is 24.6. The first-order valence-corrected chi connectivity index (χ1v) is 15.2. The van der Waals surface area contributed by atoms with Crippen LogP contribution < -0.4 is 10.5 Å². The molecule has 0 spiro atoms. The van der Waals surface area contributed by atoms with Crippen molar-refractivity contribution < 1.29 is 50.9 Å². The Balaban J connectivity index is 1.54. The molecule has 3 aromatic carbocycles. The molecule has 240 valence electrons. The van der Waals surface area contributed by atoms with Crippen LogP contribution in [0.1, 0.15) is 31.9 Å². The van der Waals surface area contributed by atoms with Gasteiger partial charge in [-0.3, -0.25) is 4.79 Å². The van der Waals surface area contributed by atoms with Gasteiger partial charge < -0.3 is 25.1 Å². The molecule has 2 unspecified atom stereocenters. The summed E-state index contributed by atoms with van der Waals surface area (Å²) in [5.74, 6) is -6.52. The fraction of sp³-hybridized carbons (Fsp3) is 0.323. The summed E-state index contributed by atoms with van der Waals surface area (Å²) in [6.07, 6.45) is -2.07. The summed E-state index contributed by atoms with van der Waals surface area (Å²) in [6.45, 7) is 3.98. The van der Waals surface area contributed by atoms with Crippen molar-refractivity contribution in [2.75, 3.05) is 13.1 Å². The number of carbonyl (C=O) groups is 3. The van der Waals surface area contributed by atoms with Crippen molar-refractivity contribution in [3.8, 4) is 5.75 Å². The number of nitrogens with zero attached hydrogens (tertiary/aromatic N) is 1. The number of hydrogen-bond acceptors (Lipinski definition) is 9. The van der Waals surface area contributed by atoms with Crippen molar-refractivity contribution in [1.29, 1.82) is 0 Å². The highest BCUT2D eigenvalue weighted by Crippen LogP contribution is 2.40. The van der Waals surface area contributed by atoms with Crippen LogP contribution in [0.5, 0.6) is 5.75 Å². The number of carboxylic acid groups (broad SMARTS) is 1. The van der Waals surface area contributed by atoms with Crippen LogP contribution in [0.3, 0.4) is 0 Å². The van der Waals surface area contributed by atoms with Gasteiger partial charge in [0.1, 0.15) is 5.75 Å². The van der Waals surface area contributed by atoms with Crippen molar-refractivity contribution >= 4 is 27.9 Å².